The van der Waals surface area contributed by atoms with Gasteiger partial charge in [-0.2, -0.15) is 5.10 Å². The highest BCUT2D eigenvalue weighted by atomic mass is 35.5. The minimum Gasteiger partial charge on any atom is -0.383 e. The van der Waals surface area contributed by atoms with Crippen LogP contribution in [0.25, 0.3) is 0 Å². The lowest BCUT2D eigenvalue weighted by atomic mass is 9.86. The van der Waals surface area contributed by atoms with Crippen LogP contribution in [0.3, 0.4) is 0 Å². The van der Waals surface area contributed by atoms with E-state index in [1.807, 2.05) is 6.07 Å². The van der Waals surface area contributed by atoms with Crippen LogP contribution in [0.4, 0.5) is 5.82 Å². The van der Waals surface area contributed by atoms with Crippen molar-refractivity contribution >= 4 is 24.1 Å². The third-order valence-electron chi connectivity index (χ3n) is 4.67. The first-order valence-corrected chi connectivity index (χ1v) is 7.28. The van der Waals surface area contributed by atoms with Gasteiger partial charge in [-0.3, -0.25) is 9.89 Å². The quantitative estimate of drug-likeness (QED) is 0.770. The number of nitrogens with one attached hydrogen (secondary N) is 2. The molecule has 1 amide bonds. The lowest BCUT2D eigenvalue weighted by Gasteiger charge is -2.19. The largest absolute Gasteiger partial charge is 0.383 e. The average molecular weight is 315 g/mol. The van der Waals surface area contributed by atoms with Crippen LogP contribution in [-0.4, -0.2) is 35.9 Å². The van der Waals surface area contributed by atoms with Crippen LogP contribution in [0.1, 0.15) is 37.3 Å². The zero-order valence-electron chi connectivity index (χ0n) is 12.2. The lowest BCUT2D eigenvalue weighted by Crippen LogP contribution is -2.39. The average Bonchev–Trinajstić information content (AvgIpc) is 3.14. The van der Waals surface area contributed by atoms with Gasteiger partial charge in [-0.05, 0) is 31.1 Å². The first-order valence-electron chi connectivity index (χ1n) is 7.28. The van der Waals surface area contributed by atoms with Crippen LogP contribution in [-0.2, 0) is 9.53 Å². The molecule has 1 aromatic heterocycles. The Labute approximate surface area is 130 Å². The van der Waals surface area contributed by atoms with E-state index in [4.69, 9.17) is 10.5 Å². The third-order valence-corrected chi connectivity index (χ3v) is 4.67. The maximum atomic E-state index is 11.8. The van der Waals surface area contributed by atoms with E-state index in [9.17, 15) is 4.79 Å². The Hall–Kier alpha value is -1.11. The van der Waals surface area contributed by atoms with Crippen molar-refractivity contribution in [3.05, 3.63) is 11.8 Å². The van der Waals surface area contributed by atoms with Crippen molar-refractivity contribution in [2.75, 3.05) is 19.0 Å². The van der Waals surface area contributed by atoms with E-state index >= 15 is 0 Å². The summed E-state index contributed by atoms with van der Waals surface area (Å²) in [6, 6.07) is 1.28. The number of fused-ring (bicyclic) bond motifs is 2. The van der Waals surface area contributed by atoms with Crippen LogP contribution in [0.2, 0.25) is 0 Å². The Bertz CT molecular complexity index is 493. The number of anilines is 1. The van der Waals surface area contributed by atoms with Gasteiger partial charge >= 0.3 is 0 Å². The summed E-state index contributed by atoms with van der Waals surface area (Å²) in [5, 5.41) is 9.97. The van der Waals surface area contributed by atoms with Crippen molar-refractivity contribution in [2.24, 2.45) is 17.6 Å². The molecule has 118 valence electrons. The second-order valence-corrected chi connectivity index (χ2v) is 6.04. The van der Waals surface area contributed by atoms with Gasteiger partial charge in [-0.1, -0.05) is 6.42 Å². The molecule has 3 rings (SSSR count). The van der Waals surface area contributed by atoms with Crippen molar-refractivity contribution in [1.82, 2.24) is 10.2 Å². The summed E-state index contributed by atoms with van der Waals surface area (Å²) in [4.78, 5) is 11.8. The molecule has 0 aromatic carbocycles. The maximum Gasteiger partial charge on any atom is 0.244 e. The summed E-state index contributed by atoms with van der Waals surface area (Å²) in [6.45, 7) is 0.204. The highest BCUT2D eigenvalue weighted by Crippen LogP contribution is 2.52. The number of carbonyl (C=O) groups excluding carboxylic acids is 1. The van der Waals surface area contributed by atoms with Gasteiger partial charge in [0.2, 0.25) is 5.91 Å². The van der Waals surface area contributed by atoms with E-state index in [2.05, 4.69) is 15.5 Å². The number of halogens is 1. The fraction of sp³-hybridized carbons (Fsp3) is 0.714. The van der Waals surface area contributed by atoms with Crippen molar-refractivity contribution < 1.29 is 9.53 Å². The predicted molar refractivity (Wildman–Crippen MR) is 82.5 cm³/mol. The zero-order chi connectivity index (χ0) is 14.1. The molecule has 4 unspecified atom stereocenters. The number of aromatic amines is 1. The van der Waals surface area contributed by atoms with Crippen molar-refractivity contribution in [3.63, 3.8) is 0 Å². The monoisotopic (exact) mass is 314 g/mol. The number of carbonyl (C=O) groups is 1. The number of hydrogen-bond donors (Lipinski definition) is 3. The van der Waals surface area contributed by atoms with Crippen LogP contribution >= 0.6 is 12.4 Å². The van der Waals surface area contributed by atoms with E-state index < -0.39 is 6.04 Å². The summed E-state index contributed by atoms with van der Waals surface area (Å²) in [6.07, 6.45) is 5.31. The molecular formula is C14H23ClN4O2. The summed E-state index contributed by atoms with van der Waals surface area (Å²) < 4.78 is 4.87. The number of aromatic nitrogens is 2. The fourth-order valence-electron chi connectivity index (χ4n) is 3.69. The normalized spacial score (nSPS) is 28.2. The molecular weight excluding hydrogens is 292 g/mol. The topological polar surface area (TPSA) is 93.0 Å². The highest BCUT2D eigenvalue weighted by Gasteiger charge is 2.40. The Morgan fingerprint density at radius 1 is 1.57 bits per heavy atom. The highest BCUT2D eigenvalue weighted by molar-refractivity contribution is 5.94. The van der Waals surface area contributed by atoms with Gasteiger partial charge in [0.05, 0.1) is 6.61 Å². The molecule has 0 radical (unpaired) electrons. The van der Waals surface area contributed by atoms with Gasteiger partial charge in [0.15, 0.2) is 5.82 Å². The molecule has 2 saturated carbocycles. The SMILES string of the molecule is COCC(N)C(=O)Nc1cc(C2CC3CCC2C3)[nH]n1.Cl. The Kier molecular flexibility index (Phi) is 5.24. The van der Waals surface area contributed by atoms with Gasteiger partial charge in [0.25, 0.3) is 0 Å². The first-order chi connectivity index (χ1) is 9.67. The van der Waals surface area contributed by atoms with Gasteiger partial charge in [0, 0.05) is 24.8 Å². The first kappa shape index (κ1) is 16.3. The third kappa shape index (κ3) is 3.39. The number of amides is 1. The van der Waals surface area contributed by atoms with Crippen LogP contribution in [0.15, 0.2) is 6.07 Å². The van der Waals surface area contributed by atoms with E-state index in [0.29, 0.717) is 11.7 Å². The molecule has 2 bridgehead atoms. The van der Waals surface area contributed by atoms with Crippen molar-refractivity contribution in [1.29, 1.82) is 0 Å². The Balaban J connectivity index is 0.00000161. The van der Waals surface area contributed by atoms with Gasteiger partial charge < -0.3 is 15.8 Å². The molecule has 2 aliphatic carbocycles. The minimum absolute atomic E-state index is 0. The van der Waals surface area contributed by atoms with Crippen molar-refractivity contribution in [3.8, 4) is 0 Å². The molecule has 7 heteroatoms. The number of rotatable bonds is 5. The van der Waals surface area contributed by atoms with Crippen LogP contribution in [0, 0.1) is 11.8 Å². The Morgan fingerprint density at radius 3 is 3.00 bits per heavy atom. The summed E-state index contributed by atoms with van der Waals surface area (Å²) >= 11 is 0. The van der Waals surface area contributed by atoms with Gasteiger partial charge in [-0.25, -0.2) is 0 Å². The molecule has 0 aliphatic heterocycles. The number of nitrogens with zero attached hydrogens (tertiary/aromatic N) is 1. The fourth-order valence-corrected chi connectivity index (χ4v) is 3.69. The molecule has 4 N–H and O–H groups in total. The maximum absolute atomic E-state index is 11.8. The van der Waals surface area contributed by atoms with E-state index in [0.717, 1.165) is 17.5 Å². The summed E-state index contributed by atoms with van der Waals surface area (Å²) in [7, 11) is 1.52. The van der Waals surface area contributed by atoms with Crippen LogP contribution < -0.4 is 11.1 Å². The molecule has 6 nitrogen and oxygen atoms in total. The molecule has 4 atom stereocenters. The van der Waals surface area contributed by atoms with Gasteiger partial charge in [0.1, 0.15) is 6.04 Å². The number of H-pyrrole nitrogens is 1. The molecule has 1 aromatic rings. The van der Waals surface area contributed by atoms with Crippen LogP contribution in [0.5, 0.6) is 0 Å². The van der Waals surface area contributed by atoms with E-state index in [1.54, 1.807) is 0 Å². The second kappa shape index (κ2) is 6.77. The number of nitrogens with two attached hydrogens (primary N) is 1. The summed E-state index contributed by atoms with van der Waals surface area (Å²) in [5.41, 5.74) is 6.83. The smallest absolute Gasteiger partial charge is 0.244 e. The molecule has 0 spiro atoms. The number of methoxy groups -OCH3 is 1. The molecule has 0 saturated heterocycles. The van der Waals surface area contributed by atoms with Crippen molar-refractivity contribution in [2.45, 2.75) is 37.6 Å². The molecule has 2 aliphatic rings. The van der Waals surface area contributed by atoms with E-state index in [-0.39, 0.29) is 24.9 Å². The molecule has 1 heterocycles. The summed E-state index contributed by atoms with van der Waals surface area (Å²) in [5.74, 6) is 2.55. The number of ether oxygens (including phenoxy) is 1. The second-order valence-electron chi connectivity index (χ2n) is 6.04. The minimum atomic E-state index is -0.664. The standard InChI is InChI=1S/C14H22N4O2.ClH/c1-20-7-11(15)14(19)16-13-6-12(17-18-13)10-5-8-2-3-9(10)4-8;/h6,8-11H,2-5,7,15H2,1H3,(H2,16,17,18,19);1H. The zero-order valence-corrected chi connectivity index (χ0v) is 13.0. The van der Waals surface area contributed by atoms with Gasteiger partial charge in [-0.15, -0.1) is 12.4 Å². The predicted octanol–water partition coefficient (Wildman–Crippen LogP) is 1.65. The van der Waals surface area contributed by atoms with E-state index in [1.165, 1.54) is 32.8 Å². The number of hydrogen-bond acceptors (Lipinski definition) is 4. The Morgan fingerprint density at radius 2 is 2.38 bits per heavy atom. The molecule has 2 fully saturated rings. The lowest BCUT2D eigenvalue weighted by molar-refractivity contribution is -0.118. The molecule has 21 heavy (non-hydrogen) atoms.